The second-order valence-electron chi connectivity index (χ2n) is 7.08. The quantitative estimate of drug-likeness (QED) is 0.700. The fraction of sp³-hybridized carbons (Fsp3) is 0.632. The van der Waals surface area contributed by atoms with Gasteiger partial charge in [0, 0.05) is 44.7 Å². The van der Waals surface area contributed by atoms with Gasteiger partial charge in [-0.1, -0.05) is 6.42 Å². The lowest BCUT2D eigenvalue weighted by Crippen LogP contribution is -2.47. The lowest BCUT2D eigenvalue weighted by molar-refractivity contribution is -0.131. The average Bonchev–Trinajstić information content (AvgIpc) is 3.26. The Hall–Kier alpha value is -1.82. The van der Waals surface area contributed by atoms with Crippen molar-refractivity contribution in [2.24, 2.45) is 5.73 Å². The number of pyridine rings is 1. The van der Waals surface area contributed by atoms with Crippen molar-refractivity contribution in [2.45, 2.75) is 25.3 Å². The number of piperazine rings is 1. The molecule has 146 valence electrons. The minimum absolute atomic E-state index is 0.112. The van der Waals surface area contributed by atoms with Gasteiger partial charge in [0.1, 0.15) is 5.82 Å². The molecule has 0 bridgehead atoms. The molecule has 1 aromatic rings. The number of hydrogen-bond donors (Lipinski definition) is 1. The SMILES string of the molecule is N#Cc1ccnc(N2CCN(CCCCC(N)C(=O)N3CCSC3)CC2)c1. The molecule has 3 rings (SSSR count). The van der Waals surface area contributed by atoms with E-state index in [0.29, 0.717) is 5.56 Å². The number of nitriles is 1. The largest absolute Gasteiger partial charge is 0.354 e. The molecule has 2 aliphatic rings. The van der Waals surface area contributed by atoms with E-state index in [1.54, 1.807) is 24.0 Å². The van der Waals surface area contributed by atoms with Crippen LogP contribution in [-0.2, 0) is 4.79 Å². The minimum Gasteiger partial charge on any atom is -0.354 e. The zero-order chi connectivity index (χ0) is 19.1. The summed E-state index contributed by atoms with van der Waals surface area (Å²) in [5, 5.41) is 9.02. The highest BCUT2D eigenvalue weighted by Gasteiger charge is 2.23. The highest BCUT2D eigenvalue weighted by Crippen LogP contribution is 2.17. The Morgan fingerprint density at radius 2 is 2.11 bits per heavy atom. The third-order valence-electron chi connectivity index (χ3n) is 5.19. The first-order chi connectivity index (χ1) is 13.2. The second-order valence-corrected chi connectivity index (χ2v) is 8.16. The zero-order valence-electron chi connectivity index (χ0n) is 15.7. The normalized spacial score (nSPS) is 19.1. The van der Waals surface area contributed by atoms with Crippen molar-refractivity contribution in [3.05, 3.63) is 23.9 Å². The summed E-state index contributed by atoms with van der Waals surface area (Å²) in [6.45, 7) is 5.72. The van der Waals surface area contributed by atoms with Crippen LogP contribution >= 0.6 is 11.8 Å². The first-order valence-electron chi connectivity index (χ1n) is 9.63. The van der Waals surface area contributed by atoms with E-state index in [1.165, 1.54) is 0 Å². The van der Waals surface area contributed by atoms with Gasteiger partial charge in [-0.05, 0) is 31.5 Å². The number of thioether (sulfide) groups is 1. The molecular formula is C19H28N6OS. The van der Waals surface area contributed by atoms with Crippen molar-refractivity contribution in [2.75, 3.05) is 55.8 Å². The number of hydrogen-bond acceptors (Lipinski definition) is 7. The first kappa shape index (κ1) is 19.9. The molecule has 1 amide bonds. The van der Waals surface area contributed by atoms with E-state index in [1.807, 2.05) is 11.0 Å². The monoisotopic (exact) mass is 388 g/mol. The van der Waals surface area contributed by atoms with Crippen LogP contribution in [0.3, 0.4) is 0 Å². The molecule has 1 atom stereocenters. The Morgan fingerprint density at radius 1 is 1.30 bits per heavy atom. The van der Waals surface area contributed by atoms with Crippen molar-refractivity contribution in [1.82, 2.24) is 14.8 Å². The number of unbranched alkanes of at least 4 members (excludes halogenated alkanes) is 1. The molecule has 2 saturated heterocycles. The van der Waals surface area contributed by atoms with Crippen LogP contribution in [0.25, 0.3) is 0 Å². The number of anilines is 1. The lowest BCUT2D eigenvalue weighted by atomic mass is 10.1. The zero-order valence-corrected chi connectivity index (χ0v) is 16.5. The van der Waals surface area contributed by atoms with Gasteiger partial charge in [0.25, 0.3) is 0 Å². The van der Waals surface area contributed by atoms with E-state index >= 15 is 0 Å². The molecule has 2 N–H and O–H groups in total. The first-order valence-corrected chi connectivity index (χ1v) is 10.8. The molecular weight excluding hydrogens is 360 g/mol. The molecule has 0 aromatic carbocycles. The van der Waals surface area contributed by atoms with E-state index in [9.17, 15) is 4.79 Å². The molecule has 0 saturated carbocycles. The minimum atomic E-state index is -0.348. The van der Waals surface area contributed by atoms with E-state index in [-0.39, 0.29) is 11.9 Å². The highest BCUT2D eigenvalue weighted by molar-refractivity contribution is 7.99. The molecule has 0 aliphatic carbocycles. The molecule has 3 heterocycles. The van der Waals surface area contributed by atoms with Gasteiger partial charge in [-0.15, -0.1) is 11.8 Å². The van der Waals surface area contributed by atoms with Crippen molar-refractivity contribution in [3.8, 4) is 6.07 Å². The van der Waals surface area contributed by atoms with Gasteiger partial charge in [-0.3, -0.25) is 9.69 Å². The predicted octanol–water partition coefficient (Wildman–Crippen LogP) is 1.11. The summed E-state index contributed by atoms with van der Waals surface area (Å²) in [4.78, 5) is 23.2. The summed E-state index contributed by atoms with van der Waals surface area (Å²) in [5.41, 5.74) is 6.73. The number of nitrogens with two attached hydrogens (primary N) is 1. The molecule has 0 spiro atoms. The molecule has 2 fully saturated rings. The van der Waals surface area contributed by atoms with Crippen LogP contribution in [0.1, 0.15) is 24.8 Å². The summed E-state index contributed by atoms with van der Waals surface area (Å²) in [6.07, 6.45) is 4.52. The summed E-state index contributed by atoms with van der Waals surface area (Å²) >= 11 is 1.79. The lowest BCUT2D eigenvalue weighted by Gasteiger charge is -2.35. The second kappa shape index (κ2) is 9.93. The van der Waals surface area contributed by atoms with Crippen LogP contribution in [0.2, 0.25) is 0 Å². The van der Waals surface area contributed by atoms with Gasteiger partial charge in [0.05, 0.1) is 23.6 Å². The molecule has 1 unspecified atom stereocenters. The van der Waals surface area contributed by atoms with Crippen LogP contribution in [-0.4, -0.2) is 77.6 Å². The van der Waals surface area contributed by atoms with Crippen LogP contribution in [0.4, 0.5) is 5.82 Å². The average molecular weight is 389 g/mol. The Morgan fingerprint density at radius 3 is 2.81 bits per heavy atom. The van der Waals surface area contributed by atoms with Crippen LogP contribution in [0.5, 0.6) is 0 Å². The van der Waals surface area contributed by atoms with Crippen molar-refractivity contribution in [1.29, 1.82) is 5.26 Å². The fourth-order valence-electron chi connectivity index (χ4n) is 3.51. The van der Waals surface area contributed by atoms with Gasteiger partial charge in [0.2, 0.25) is 5.91 Å². The number of aromatic nitrogens is 1. The van der Waals surface area contributed by atoms with Gasteiger partial charge in [-0.25, -0.2) is 4.98 Å². The smallest absolute Gasteiger partial charge is 0.240 e. The highest BCUT2D eigenvalue weighted by atomic mass is 32.2. The Kier molecular flexibility index (Phi) is 7.33. The molecule has 1 aromatic heterocycles. The molecule has 7 nitrogen and oxygen atoms in total. The number of carbonyl (C=O) groups excluding carboxylic acids is 1. The van der Waals surface area contributed by atoms with E-state index in [2.05, 4.69) is 20.9 Å². The maximum absolute atomic E-state index is 12.2. The standard InChI is InChI=1S/C19H28N6OS/c20-14-16-4-5-22-18(13-16)24-9-7-23(8-10-24)6-2-1-3-17(21)19(26)25-11-12-27-15-25/h4-5,13,17H,1-3,6-12,15,21H2. The number of amides is 1. The number of rotatable bonds is 7. The van der Waals surface area contributed by atoms with Crippen LogP contribution in [0.15, 0.2) is 18.3 Å². The third kappa shape index (κ3) is 5.58. The predicted molar refractivity (Wildman–Crippen MR) is 108 cm³/mol. The summed E-state index contributed by atoms with van der Waals surface area (Å²) in [6, 6.07) is 5.41. The maximum atomic E-state index is 12.2. The topological polar surface area (TPSA) is 89.5 Å². The molecule has 2 aliphatic heterocycles. The molecule has 27 heavy (non-hydrogen) atoms. The summed E-state index contributed by atoms with van der Waals surface area (Å²) in [5.74, 6) is 2.82. The van der Waals surface area contributed by atoms with E-state index < -0.39 is 0 Å². The maximum Gasteiger partial charge on any atom is 0.240 e. The summed E-state index contributed by atoms with van der Waals surface area (Å²) < 4.78 is 0. The fourth-order valence-corrected chi connectivity index (χ4v) is 4.46. The third-order valence-corrected chi connectivity index (χ3v) is 6.16. The van der Waals surface area contributed by atoms with Gasteiger partial charge < -0.3 is 15.5 Å². The van der Waals surface area contributed by atoms with Gasteiger partial charge in [0.15, 0.2) is 0 Å². The Bertz CT molecular complexity index is 664. The van der Waals surface area contributed by atoms with Crippen molar-refractivity contribution in [3.63, 3.8) is 0 Å². The van der Waals surface area contributed by atoms with E-state index in [4.69, 9.17) is 11.0 Å². The van der Waals surface area contributed by atoms with Crippen LogP contribution in [0, 0.1) is 11.3 Å². The van der Waals surface area contributed by atoms with Gasteiger partial charge >= 0.3 is 0 Å². The van der Waals surface area contributed by atoms with Gasteiger partial charge in [-0.2, -0.15) is 5.26 Å². The Labute approximate surface area is 165 Å². The molecule has 0 radical (unpaired) electrons. The number of nitrogens with zero attached hydrogens (tertiary/aromatic N) is 5. The van der Waals surface area contributed by atoms with E-state index in [0.717, 1.165) is 76.0 Å². The number of carbonyl (C=O) groups is 1. The summed E-state index contributed by atoms with van der Waals surface area (Å²) in [7, 11) is 0. The van der Waals surface area contributed by atoms with Crippen LogP contribution < -0.4 is 10.6 Å². The Balaban J connectivity index is 1.32. The molecule has 8 heteroatoms. The van der Waals surface area contributed by atoms with Crippen molar-refractivity contribution >= 4 is 23.5 Å². The van der Waals surface area contributed by atoms with Crippen molar-refractivity contribution < 1.29 is 4.79 Å².